The van der Waals surface area contributed by atoms with Crippen LogP contribution in [0.3, 0.4) is 0 Å². The number of aromatic hydroxyl groups is 1. The Morgan fingerprint density at radius 1 is 1.11 bits per heavy atom. The van der Waals surface area contributed by atoms with Crippen molar-refractivity contribution in [1.82, 2.24) is 13.8 Å². The van der Waals surface area contributed by atoms with Crippen molar-refractivity contribution in [1.29, 1.82) is 0 Å². The Kier molecular flexibility index (Phi) is 5.71. The van der Waals surface area contributed by atoms with Crippen LogP contribution in [0.25, 0.3) is 0 Å². The Bertz CT molecular complexity index is 1010. The van der Waals surface area contributed by atoms with Gasteiger partial charge in [-0.2, -0.15) is 0 Å². The first-order chi connectivity index (χ1) is 13.3. The lowest BCUT2D eigenvalue weighted by molar-refractivity contribution is 0.0886. The van der Waals surface area contributed by atoms with E-state index in [1.165, 1.54) is 25.3 Å². The number of ether oxygens (including phenoxy) is 1. The number of piperazine rings is 1. The van der Waals surface area contributed by atoms with Crippen LogP contribution in [0.15, 0.2) is 52.3 Å². The Morgan fingerprint density at radius 3 is 2.36 bits per heavy atom. The molecule has 1 N–H and O–H groups in total. The number of nitrogens with zero attached hydrogens (tertiary/aromatic N) is 3. The van der Waals surface area contributed by atoms with Crippen LogP contribution in [0.1, 0.15) is 5.56 Å². The molecule has 150 valence electrons. The van der Waals surface area contributed by atoms with Crippen molar-refractivity contribution in [3.05, 3.63) is 58.5 Å². The van der Waals surface area contributed by atoms with Crippen molar-refractivity contribution in [3.8, 4) is 5.75 Å². The molecule has 0 saturated carbocycles. The van der Waals surface area contributed by atoms with E-state index in [-0.39, 0.29) is 11.4 Å². The first kappa shape index (κ1) is 19.9. The SMILES string of the molecule is COC(=O)N1CCN(Cc2ccn(S(=O)(=O)c3ccccc3)c(=O)c2O)CC1. The van der Waals surface area contributed by atoms with Gasteiger partial charge in [0, 0.05) is 44.5 Å². The number of methoxy groups -OCH3 is 1. The molecule has 2 aromatic rings. The summed E-state index contributed by atoms with van der Waals surface area (Å²) in [6, 6.07) is 8.97. The van der Waals surface area contributed by atoms with Gasteiger partial charge in [0.25, 0.3) is 10.0 Å². The quantitative estimate of drug-likeness (QED) is 0.794. The number of rotatable bonds is 4. The van der Waals surface area contributed by atoms with E-state index >= 15 is 0 Å². The molecular weight excluding hydrogens is 386 g/mol. The third-order valence-corrected chi connectivity index (χ3v) is 6.29. The zero-order chi connectivity index (χ0) is 20.3. The van der Waals surface area contributed by atoms with E-state index in [2.05, 4.69) is 4.74 Å². The molecule has 28 heavy (non-hydrogen) atoms. The maximum absolute atomic E-state index is 12.6. The second-order valence-corrected chi connectivity index (χ2v) is 8.16. The fraction of sp³-hybridized carbons (Fsp3) is 0.333. The van der Waals surface area contributed by atoms with E-state index in [1.807, 2.05) is 4.90 Å². The van der Waals surface area contributed by atoms with E-state index < -0.39 is 27.4 Å². The molecule has 0 atom stereocenters. The largest absolute Gasteiger partial charge is 0.503 e. The van der Waals surface area contributed by atoms with Gasteiger partial charge in [0.1, 0.15) is 0 Å². The second-order valence-electron chi connectivity index (χ2n) is 6.34. The van der Waals surface area contributed by atoms with E-state index in [9.17, 15) is 23.1 Å². The summed E-state index contributed by atoms with van der Waals surface area (Å²) in [6.07, 6.45) is 0.765. The smallest absolute Gasteiger partial charge is 0.409 e. The maximum atomic E-state index is 12.6. The highest BCUT2D eigenvalue weighted by Crippen LogP contribution is 2.18. The molecule has 2 heterocycles. The minimum absolute atomic E-state index is 0.0387. The predicted molar refractivity (Wildman–Crippen MR) is 101 cm³/mol. The Hall–Kier alpha value is -2.85. The zero-order valence-corrected chi connectivity index (χ0v) is 16.1. The van der Waals surface area contributed by atoms with Gasteiger partial charge in [0.15, 0.2) is 5.75 Å². The molecule has 9 nitrogen and oxygen atoms in total. The molecule has 0 spiro atoms. The van der Waals surface area contributed by atoms with E-state index in [1.54, 1.807) is 23.1 Å². The van der Waals surface area contributed by atoms with E-state index in [0.29, 0.717) is 35.7 Å². The van der Waals surface area contributed by atoms with Gasteiger partial charge in [0.2, 0.25) is 0 Å². The third kappa shape index (κ3) is 3.87. The van der Waals surface area contributed by atoms with Crippen molar-refractivity contribution in [3.63, 3.8) is 0 Å². The van der Waals surface area contributed by atoms with Gasteiger partial charge in [-0.15, -0.1) is 0 Å². The first-order valence-electron chi connectivity index (χ1n) is 8.64. The number of benzene rings is 1. The van der Waals surface area contributed by atoms with Gasteiger partial charge in [-0.25, -0.2) is 17.2 Å². The highest BCUT2D eigenvalue weighted by molar-refractivity contribution is 7.90. The lowest BCUT2D eigenvalue weighted by atomic mass is 10.2. The van der Waals surface area contributed by atoms with Gasteiger partial charge in [-0.1, -0.05) is 18.2 Å². The standard InChI is InChI=1S/C18H21N3O6S/c1-27-18(24)20-11-9-19(10-12-20)13-14-7-8-21(17(23)16(14)22)28(25,26)15-5-3-2-4-6-15/h2-8,22H,9-13H2,1H3. The molecule has 1 amide bonds. The van der Waals surface area contributed by atoms with Gasteiger partial charge >= 0.3 is 11.7 Å². The predicted octanol–water partition coefficient (Wildman–Crippen LogP) is 0.675. The normalized spacial score (nSPS) is 15.4. The van der Waals surface area contributed by atoms with Crippen LogP contribution in [0.2, 0.25) is 0 Å². The number of hydrogen-bond acceptors (Lipinski definition) is 7. The number of amides is 1. The Morgan fingerprint density at radius 2 is 1.75 bits per heavy atom. The Balaban J connectivity index is 1.78. The number of hydrogen-bond donors (Lipinski definition) is 1. The molecular formula is C18H21N3O6S. The lowest BCUT2D eigenvalue weighted by Gasteiger charge is -2.33. The van der Waals surface area contributed by atoms with Crippen molar-refractivity contribution < 1.29 is 23.1 Å². The Labute approximate surface area is 162 Å². The summed E-state index contributed by atoms with van der Waals surface area (Å²) in [5, 5.41) is 10.3. The fourth-order valence-corrected chi connectivity index (χ4v) is 4.28. The molecule has 1 aromatic heterocycles. The van der Waals surface area contributed by atoms with Crippen molar-refractivity contribution >= 4 is 16.1 Å². The van der Waals surface area contributed by atoms with Crippen molar-refractivity contribution in [2.45, 2.75) is 11.4 Å². The molecule has 0 radical (unpaired) electrons. The van der Waals surface area contributed by atoms with Crippen molar-refractivity contribution in [2.24, 2.45) is 0 Å². The molecule has 0 bridgehead atoms. The number of carbonyl (C=O) groups is 1. The van der Waals surface area contributed by atoms with Gasteiger partial charge < -0.3 is 14.7 Å². The van der Waals surface area contributed by atoms with E-state index in [4.69, 9.17) is 0 Å². The van der Waals surface area contributed by atoms with Crippen LogP contribution in [-0.2, 0) is 21.3 Å². The average Bonchev–Trinajstić information content (AvgIpc) is 2.72. The molecule has 1 aromatic carbocycles. The molecule has 1 saturated heterocycles. The molecule has 3 rings (SSSR count). The van der Waals surface area contributed by atoms with Gasteiger partial charge in [-0.05, 0) is 18.2 Å². The number of pyridine rings is 1. The maximum Gasteiger partial charge on any atom is 0.409 e. The highest BCUT2D eigenvalue weighted by atomic mass is 32.2. The van der Waals surface area contributed by atoms with Crippen LogP contribution in [-0.4, -0.2) is 66.7 Å². The van der Waals surface area contributed by atoms with Crippen LogP contribution in [0.4, 0.5) is 4.79 Å². The highest BCUT2D eigenvalue weighted by Gasteiger charge is 2.24. The zero-order valence-electron chi connectivity index (χ0n) is 15.3. The first-order valence-corrected chi connectivity index (χ1v) is 10.1. The molecule has 1 fully saturated rings. The minimum Gasteiger partial charge on any atom is -0.503 e. The van der Waals surface area contributed by atoms with Gasteiger partial charge in [-0.3, -0.25) is 9.69 Å². The van der Waals surface area contributed by atoms with E-state index in [0.717, 1.165) is 6.20 Å². The van der Waals surface area contributed by atoms with Crippen LogP contribution >= 0.6 is 0 Å². The minimum atomic E-state index is -4.09. The van der Waals surface area contributed by atoms with Crippen LogP contribution in [0, 0.1) is 0 Å². The topological polar surface area (TPSA) is 109 Å². The summed E-state index contributed by atoms with van der Waals surface area (Å²) in [4.78, 5) is 27.5. The second kappa shape index (κ2) is 8.03. The molecule has 0 aliphatic carbocycles. The summed E-state index contributed by atoms with van der Waals surface area (Å²) in [5.41, 5.74) is -0.662. The number of carbonyl (C=O) groups excluding carboxylic acids is 1. The number of aromatic nitrogens is 1. The summed E-state index contributed by atoms with van der Waals surface area (Å²) in [5.74, 6) is -0.600. The van der Waals surface area contributed by atoms with Gasteiger partial charge in [0.05, 0.1) is 12.0 Å². The molecule has 1 aliphatic rings. The third-order valence-electron chi connectivity index (χ3n) is 4.62. The molecule has 1 aliphatic heterocycles. The summed E-state index contributed by atoms with van der Waals surface area (Å²) in [6.45, 7) is 2.28. The van der Waals surface area contributed by atoms with Crippen molar-refractivity contribution in [2.75, 3.05) is 33.3 Å². The average molecular weight is 407 g/mol. The van der Waals surface area contributed by atoms with Crippen LogP contribution < -0.4 is 5.56 Å². The molecule has 0 unspecified atom stereocenters. The lowest BCUT2D eigenvalue weighted by Crippen LogP contribution is -2.48. The molecule has 10 heteroatoms. The summed E-state index contributed by atoms with van der Waals surface area (Å²) < 4.78 is 30.5. The summed E-state index contributed by atoms with van der Waals surface area (Å²) >= 11 is 0. The monoisotopic (exact) mass is 407 g/mol. The fourth-order valence-electron chi connectivity index (χ4n) is 3.03. The summed E-state index contributed by atoms with van der Waals surface area (Å²) in [7, 11) is -2.76. The van der Waals surface area contributed by atoms with Crippen LogP contribution in [0.5, 0.6) is 5.75 Å².